The van der Waals surface area contributed by atoms with E-state index in [1.165, 1.54) is 0 Å². The van der Waals surface area contributed by atoms with Crippen molar-refractivity contribution in [3.63, 3.8) is 0 Å². The highest BCUT2D eigenvalue weighted by molar-refractivity contribution is 5.70. The second-order valence-electron chi connectivity index (χ2n) is 3.62. The quantitative estimate of drug-likeness (QED) is 0.680. The van der Waals surface area contributed by atoms with Crippen molar-refractivity contribution in [2.24, 2.45) is 11.7 Å². The number of hydrogen-bond donors (Lipinski definition) is 1. The highest BCUT2D eigenvalue weighted by Gasteiger charge is 2.23. The minimum absolute atomic E-state index is 0.0713. The zero-order valence-electron chi connectivity index (χ0n) is 8.70. The van der Waals surface area contributed by atoms with Crippen LogP contribution in [0.25, 0.3) is 0 Å². The average molecular weight is 201 g/mol. The summed E-state index contributed by atoms with van der Waals surface area (Å²) < 4.78 is 10.1. The van der Waals surface area contributed by atoms with Crippen molar-refractivity contribution < 1.29 is 14.3 Å². The minimum Gasteiger partial charge on any atom is -0.466 e. The van der Waals surface area contributed by atoms with Crippen LogP contribution < -0.4 is 5.73 Å². The van der Waals surface area contributed by atoms with Crippen LogP contribution in [-0.2, 0) is 14.3 Å². The standard InChI is InChI=1S/C10H19NO3/c1-2-14-10(12)7-9(11)8-3-5-13-6-4-8/h8-9H,2-7,11H2,1H3. The number of esters is 1. The molecule has 0 saturated carbocycles. The Morgan fingerprint density at radius 1 is 1.57 bits per heavy atom. The predicted octanol–water partition coefficient (Wildman–Crippen LogP) is 0.694. The number of carbonyl (C=O) groups excluding carboxylic acids is 1. The van der Waals surface area contributed by atoms with Crippen molar-refractivity contribution in [3.8, 4) is 0 Å². The highest BCUT2D eigenvalue weighted by atomic mass is 16.5. The molecule has 1 saturated heterocycles. The number of carbonyl (C=O) groups is 1. The van der Waals surface area contributed by atoms with E-state index >= 15 is 0 Å². The number of nitrogens with two attached hydrogens (primary N) is 1. The Hall–Kier alpha value is -0.610. The summed E-state index contributed by atoms with van der Waals surface area (Å²) in [5.74, 6) is 0.222. The van der Waals surface area contributed by atoms with Gasteiger partial charge in [-0.3, -0.25) is 4.79 Å². The van der Waals surface area contributed by atoms with Crippen LogP contribution in [-0.4, -0.2) is 31.8 Å². The van der Waals surface area contributed by atoms with Crippen LogP contribution in [0.4, 0.5) is 0 Å². The molecule has 14 heavy (non-hydrogen) atoms. The van der Waals surface area contributed by atoms with E-state index in [0.29, 0.717) is 18.9 Å². The number of rotatable bonds is 4. The van der Waals surface area contributed by atoms with Gasteiger partial charge in [0.15, 0.2) is 0 Å². The van der Waals surface area contributed by atoms with E-state index in [-0.39, 0.29) is 12.0 Å². The molecule has 1 unspecified atom stereocenters. The van der Waals surface area contributed by atoms with E-state index < -0.39 is 0 Å². The first kappa shape index (κ1) is 11.5. The smallest absolute Gasteiger partial charge is 0.307 e. The maximum absolute atomic E-state index is 11.2. The fraction of sp³-hybridized carbons (Fsp3) is 0.900. The van der Waals surface area contributed by atoms with Crippen LogP contribution in [0.15, 0.2) is 0 Å². The van der Waals surface area contributed by atoms with E-state index in [2.05, 4.69) is 0 Å². The van der Waals surface area contributed by atoms with Gasteiger partial charge in [0, 0.05) is 19.3 Å². The fourth-order valence-electron chi connectivity index (χ4n) is 1.72. The van der Waals surface area contributed by atoms with Crippen molar-refractivity contribution >= 4 is 5.97 Å². The first-order valence-electron chi connectivity index (χ1n) is 5.23. The van der Waals surface area contributed by atoms with Crippen molar-refractivity contribution in [2.45, 2.75) is 32.2 Å². The Morgan fingerprint density at radius 3 is 2.79 bits per heavy atom. The first-order valence-corrected chi connectivity index (χ1v) is 5.23. The topological polar surface area (TPSA) is 61.5 Å². The highest BCUT2D eigenvalue weighted by Crippen LogP contribution is 2.19. The zero-order valence-corrected chi connectivity index (χ0v) is 8.70. The van der Waals surface area contributed by atoms with Gasteiger partial charge in [0.25, 0.3) is 0 Å². The van der Waals surface area contributed by atoms with Crippen LogP contribution in [0.2, 0.25) is 0 Å². The van der Waals surface area contributed by atoms with Crippen LogP contribution in [0.1, 0.15) is 26.2 Å². The van der Waals surface area contributed by atoms with Crippen molar-refractivity contribution in [1.82, 2.24) is 0 Å². The van der Waals surface area contributed by atoms with Gasteiger partial charge in [0.1, 0.15) is 0 Å². The molecular formula is C10H19NO3. The van der Waals surface area contributed by atoms with E-state index in [4.69, 9.17) is 15.2 Å². The van der Waals surface area contributed by atoms with Crippen LogP contribution in [0, 0.1) is 5.92 Å². The van der Waals surface area contributed by atoms with Crippen molar-refractivity contribution in [1.29, 1.82) is 0 Å². The van der Waals surface area contributed by atoms with E-state index in [1.54, 1.807) is 6.92 Å². The van der Waals surface area contributed by atoms with E-state index in [9.17, 15) is 4.79 Å². The monoisotopic (exact) mass is 201 g/mol. The Balaban J connectivity index is 2.25. The molecule has 82 valence electrons. The van der Waals surface area contributed by atoms with Gasteiger partial charge in [0.05, 0.1) is 13.0 Å². The predicted molar refractivity (Wildman–Crippen MR) is 52.8 cm³/mol. The van der Waals surface area contributed by atoms with Gasteiger partial charge in [0.2, 0.25) is 0 Å². The molecule has 0 spiro atoms. The Morgan fingerprint density at radius 2 is 2.21 bits per heavy atom. The van der Waals surface area contributed by atoms with Gasteiger partial charge in [-0.1, -0.05) is 0 Å². The van der Waals surface area contributed by atoms with E-state index in [1.807, 2.05) is 0 Å². The zero-order chi connectivity index (χ0) is 10.4. The lowest BCUT2D eigenvalue weighted by Gasteiger charge is -2.26. The van der Waals surface area contributed by atoms with Gasteiger partial charge in [-0.05, 0) is 25.7 Å². The molecule has 1 atom stereocenters. The molecule has 4 nitrogen and oxygen atoms in total. The molecule has 1 aliphatic rings. The molecule has 0 bridgehead atoms. The molecular weight excluding hydrogens is 182 g/mol. The number of hydrogen-bond acceptors (Lipinski definition) is 4. The van der Waals surface area contributed by atoms with E-state index in [0.717, 1.165) is 26.1 Å². The fourth-order valence-corrected chi connectivity index (χ4v) is 1.72. The lowest BCUT2D eigenvalue weighted by atomic mass is 9.90. The molecule has 0 aromatic heterocycles. The second-order valence-corrected chi connectivity index (χ2v) is 3.62. The molecule has 1 heterocycles. The molecule has 0 aromatic carbocycles. The Kier molecular flexibility index (Phi) is 4.90. The summed E-state index contributed by atoms with van der Waals surface area (Å²) in [6, 6.07) is -0.0713. The second kappa shape index (κ2) is 5.98. The van der Waals surface area contributed by atoms with Gasteiger partial charge < -0.3 is 15.2 Å². The van der Waals surface area contributed by atoms with Crippen LogP contribution in [0.3, 0.4) is 0 Å². The van der Waals surface area contributed by atoms with Crippen LogP contribution >= 0.6 is 0 Å². The third-order valence-corrected chi connectivity index (χ3v) is 2.58. The summed E-state index contributed by atoms with van der Waals surface area (Å²) in [5, 5.41) is 0. The summed E-state index contributed by atoms with van der Waals surface area (Å²) in [5.41, 5.74) is 5.92. The van der Waals surface area contributed by atoms with Gasteiger partial charge in [-0.15, -0.1) is 0 Å². The summed E-state index contributed by atoms with van der Waals surface area (Å²) in [6.45, 7) is 3.76. The van der Waals surface area contributed by atoms with Crippen molar-refractivity contribution in [3.05, 3.63) is 0 Å². The van der Waals surface area contributed by atoms with Crippen molar-refractivity contribution in [2.75, 3.05) is 19.8 Å². The molecule has 1 aliphatic heterocycles. The lowest BCUT2D eigenvalue weighted by Crippen LogP contribution is -2.36. The molecule has 0 aliphatic carbocycles. The van der Waals surface area contributed by atoms with Gasteiger partial charge in [-0.2, -0.15) is 0 Å². The summed E-state index contributed by atoms with van der Waals surface area (Å²) in [7, 11) is 0. The normalized spacial score (nSPS) is 20.4. The third-order valence-electron chi connectivity index (χ3n) is 2.58. The minimum atomic E-state index is -0.188. The Labute approximate surface area is 84.7 Å². The Bertz CT molecular complexity index is 178. The largest absolute Gasteiger partial charge is 0.466 e. The van der Waals surface area contributed by atoms with Gasteiger partial charge >= 0.3 is 5.97 Å². The lowest BCUT2D eigenvalue weighted by molar-refractivity contribution is -0.144. The summed E-state index contributed by atoms with van der Waals surface area (Å²) in [6.07, 6.45) is 2.25. The number of ether oxygens (including phenoxy) is 2. The molecule has 0 amide bonds. The average Bonchev–Trinajstić information content (AvgIpc) is 2.19. The molecule has 4 heteroatoms. The summed E-state index contributed by atoms with van der Waals surface area (Å²) in [4.78, 5) is 11.2. The third kappa shape index (κ3) is 3.64. The maximum atomic E-state index is 11.2. The maximum Gasteiger partial charge on any atom is 0.307 e. The molecule has 1 rings (SSSR count). The van der Waals surface area contributed by atoms with Gasteiger partial charge in [-0.25, -0.2) is 0 Å². The first-order chi connectivity index (χ1) is 6.74. The summed E-state index contributed by atoms with van der Waals surface area (Å²) >= 11 is 0. The molecule has 1 fully saturated rings. The van der Waals surface area contributed by atoms with Crippen LogP contribution in [0.5, 0.6) is 0 Å². The molecule has 0 radical (unpaired) electrons. The molecule has 2 N–H and O–H groups in total. The molecule has 0 aromatic rings. The SMILES string of the molecule is CCOC(=O)CC(N)C1CCOCC1.